The Morgan fingerprint density at radius 3 is 2.23 bits per heavy atom. The van der Waals surface area contributed by atoms with Gasteiger partial charge in [0.25, 0.3) is 5.56 Å². The van der Waals surface area contributed by atoms with Crippen molar-refractivity contribution in [1.29, 1.82) is 0 Å². The normalized spacial score (nSPS) is 11.6. The molecule has 0 bridgehead atoms. The molecule has 0 aliphatic rings. The number of hydrogen-bond donors (Lipinski definition) is 1. The second kappa shape index (κ2) is 6.32. The Bertz CT molecular complexity index is 1000. The maximum absolute atomic E-state index is 12.3. The van der Waals surface area contributed by atoms with Crippen molar-refractivity contribution in [3.05, 3.63) is 57.8 Å². The van der Waals surface area contributed by atoms with Crippen molar-refractivity contribution >= 4 is 0 Å². The zero-order chi connectivity index (χ0) is 19.1. The first-order valence-corrected chi connectivity index (χ1v) is 7.64. The Balaban J connectivity index is 1.96. The Morgan fingerprint density at radius 1 is 1.00 bits per heavy atom. The summed E-state index contributed by atoms with van der Waals surface area (Å²) in [4.78, 5) is 21.0. The summed E-state index contributed by atoms with van der Waals surface area (Å²) in [6.45, 7) is 5.36. The fourth-order valence-corrected chi connectivity index (χ4v) is 2.45. The zero-order valence-corrected chi connectivity index (χ0v) is 14.2. The van der Waals surface area contributed by atoms with Gasteiger partial charge < -0.3 is 4.74 Å². The number of halogens is 3. The first kappa shape index (κ1) is 17.7. The molecule has 0 spiro atoms. The second-order valence-corrected chi connectivity index (χ2v) is 5.72. The third kappa shape index (κ3) is 3.61. The lowest BCUT2D eigenvalue weighted by molar-refractivity contribution is -0.274. The van der Waals surface area contributed by atoms with E-state index in [1.165, 1.54) is 35.0 Å². The molecule has 0 amide bonds. The lowest BCUT2D eigenvalue weighted by Crippen LogP contribution is -2.18. The molecule has 26 heavy (non-hydrogen) atoms. The minimum atomic E-state index is -4.75. The molecule has 9 heteroatoms. The van der Waals surface area contributed by atoms with Crippen LogP contribution in [-0.4, -0.2) is 26.1 Å². The van der Waals surface area contributed by atoms with E-state index in [1.807, 2.05) is 6.92 Å². The van der Waals surface area contributed by atoms with E-state index >= 15 is 0 Å². The molecule has 0 radical (unpaired) electrons. The molecule has 0 saturated heterocycles. The van der Waals surface area contributed by atoms with Crippen molar-refractivity contribution in [1.82, 2.24) is 19.7 Å². The minimum absolute atomic E-state index is 0.334. The quantitative estimate of drug-likeness (QED) is 0.773. The molecule has 1 N–H and O–H groups in total. The first-order chi connectivity index (χ1) is 12.1. The molecule has 136 valence electrons. The molecule has 3 aromatic rings. The monoisotopic (exact) mass is 364 g/mol. The molecule has 2 aromatic heterocycles. The van der Waals surface area contributed by atoms with Gasteiger partial charge in [-0.1, -0.05) is 0 Å². The second-order valence-electron chi connectivity index (χ2n) is 5.72. The van der Waals surface area contributed by atoms with Crippen molar-refractivity contribution in [2.75, 3.05) is 0 Å². The standard InChI is InChI=1S/C17H15F3N4O2/c1-9-10(2)22-16(11(3)21-9)24-15(25)8-14(23-24)12-4-6-13(7-5-12)26-17(18,19)20/h4-8,23H,1-3H3. The molecule has 1 aromatic carbocycles. The highest BCUT2D eigenvalue weighted by Crippen LogP contribution is 2.25. The molecular formula is C17H15F3N4O2. The van der Waals surface area contributed by atoms with Gasteiger partial charge in [0.05, 0.1) is 22.8 Å². The smallest absolute Gasteiger partial charge is 0.406 e. The van der Waals surface area contributed by atoms with E-state index in [1.54, 1.807) is 13.8 Å². The molecule has 0 unspecified atom stereocenters. The predicted molar refractivity (Wildman–Crippen MR) is 88.3 cm³/mol. The van der Waals surface area contributed by atoms with Gasteiger partial charge >= 0.3 is 6.36 Å². The van der Waals surface area contributed by atoms with Crippen LogP contribution in [0.25, 0.3) is 17.1 Å². The van der Waals surface area contributed by atoms with Gasteiger partial charge in [-0.3, -0.25) is 14.9 Å². The van der Waals surface area contributed by atoms with Gasteiger partial charge in [-0.25, -0.2) is 4.98 Å². The number of ether oxygens (including phenoxy) is 1. The van der Waals surface area contributed by atoms with Crippen LogP contribution in [0.2, 0.25) is 0 Å². The SMILES string of the molecule is Cc1nc(C)c(-n2[nH]c(-c3ccc(OC(F)(F)F)cc3)cc2=O)nc1C. The summed E-state index contributed by atoms with van der Waals surface area (Å²) in [7, 11) is 0. The number of alkyl halides is 3. The molecule has 0 aliphatic heterocycles. The summed E-state index contributed by atoms with van der Waals surface area (Å²) in [5, 5.41) is 2.91. The van der Waals surface area contributed by atoms with Gasteiger partial charge in [-0.05, 0) is 50.6 Å². The summed E-state index contributed by atoms with van der Waals surface area (Å²) in [5.74, 6) is 0.0419. The van der Waals surface area contributed by atoms with Gasteiger partial charge in [0, 0.05) is 6.07 Å². The van der Waals surface area contributed by atoms with Gasteiger partial charge in [0.15, 0.2) is 5.82 Å². The molecule has 0 saturated carbocycles. The van der Waals surface area contributed by atoms with E-state index in [4.69, 9.17) is 0 Å². The molecule has 3 rings (SSSR count). The van der Waals surface area contributed by atoms with E-state index in [-0.39, 0.29) is 11.3 Å². The van der Waals surface area contributed by atoms with E-state index in [0.29, 0.717) is 28.5 Å². The summed E-state index contributed by atoms with van der Waals surface area (Å²) in [5.41, 5.74) is 2.67. The topological polar surface area (TPSA) is 72.8 Å². The van der Waals surface area contributed by atoms with Crippen LogP contribution in [0, 0.1) is 20.8 Å². The summed E-state index contributed by atoms with van der Waals surface area (Å²) >= 11 is 0. The van der Waals surface area contributed by atoms with Gasteiger partial charge in [0.1, 0.15) is 5.75 Å². The fourth-order valence-electron chi connectivity index (χ4n) is 2.45. The number of rotatable bonds is 3. The molecule has 0 atom stereocenters. The zero-order valence-electron chi connectivity index (χ0n) is 14.2. The fraction of sp³-hybridized carbons (Fsp3) is 0.235. The van der Waals surface area contributed by atoms with Crippen molar-refractivity contribution in [3.8, 4) is 22.8 Å². The number of nitrogens with one attached hydrogen (secondary N) is 1. The van der Waals surface area contributed by atoms with Crippen molar-refractivity contribution < 1.29 is 17.9 Å². The molecule has 0 aliphatic carbocycles. The summed E-state index contributed by atoms with van der Waals surface area (Å²) in [6, 6.07) is 6.56. The van der Waals surface area contributed by atoms with Crippen LogP contribution >= 0.6 is 0 Å². The van der Waals surface area contributed by atoms with E-state index in [0.717, 1.165) is 5.69 Å². The van der Waals surface area contributed by atoms with Crippen molar-refractivity contribution in [2.24, 2.45) is 0 Å². The Morgan fingerprint density at radius 2 is 1.62 bits per heavy atom. The molecule has 2 heterocycles. The number of aromatic nitrogens is 4. The number of nitrogens with zero attached hydrogens (tertiary/aromatic N) is 3. The van der Waals surface area contributed by atoms with Crippen LogP contribution in [0.4, 0.5) is 13.2 Å². The largest absolute Gasteiger partial charge is 0.573 e. The van der Waals surface area contributed by atoms with Crippen LogP contribution in [-0.2, 0) is 0 Å². The van der Waals surface area contributed by atoms with Gasteiger partial charge in [0.2, 0.25) is 0 Å². The maximum atomic E-state index is 12.3. The molecule has 0 fully saturated rings. The van der Waals surface area contributed by atoms with Crippen LogP contribution in [0.3, 0.4) is 0 Å². The van der Waals surface area contributed by atoms with Crippen LogP contribution < -0.4 is 10.3 Å². The Hall–Kier alpha value is -3.10. The minimum Gasteiger partial charge on any atom is -0.406 e. The number of aromatic amines is 1. The summed E-state index contributed by atoms with van der Waals surface area (Å²) in [6.07, 6.45) is -4.75. The number of hydrogen-bond acceptors (Lipinski definition) is 4. The average molecular weight is 364 g/mol. The van der Waals surface area contributed by atoms with E-state index < -0.39 is 6.36 Å². The van der Waals surface area contributed by atoms with Crippen molar-refractivity contribution in [2.45, 2.75) is 27.1 Å². The first-order valence-electron chi connectivity index (χ1n) is 7.64. The summed E-state index contributed by atoms with van der Waals surface area (Å²) < 4.78 is 41.8. The van der Waals surface area contributed by atoms with Crippen LogP contribution in [0.5, 0.6) is 5.75 Å². The molecular weight excluding hydrogens is 349 g/mol. The highest BCUT2D eigenvalue weighted by molar-refractivity contribution is 5.60. The lowest BCUT2D eigenvalue weighted by Gasteiger charge is -2.09. The highest BCUT2D eigenvalue weighted by atomic mass is 19.4. The van der Waals surface area contributed by atoms with Gasteiger partial charge in [-0.15, -0.1) is 13.2 Å². The number of H-pyrrole nitrogens is 1. The van der Waals surface area contributed by atoms with E-state index in [2.05, 4.69) is 19.8 Å². The third-order valence-electron chi connectivity index (χ3n) is 3.79. The molecule has 6 nitrogen and oxygen atoms in total. The maximum Gasteiger partial charge on any atom is 0.573 e. The number of benzene rings is 1. The van der Waals surface area contributed by atoms with Crippen molar-refractivity contribution in [3.63, 3.8) is 0 Å². The average Bonchev–Trinajstić information content (AvgIpc) is 2.92. The predicted octanol–water partition coefficient (Wildman–Crippen LogP) is 3.45. The van der Waals surface area contributed by atoms with Crippen LogP contribution in [0.15, 0.2) is 35.1 Å². The third-order valence-corrected chi connectivity index (χ3v) is 3.79. The Labute approximate surface area is 146 Å². The highest BCUT2D eigenvalue weighted by Gasteiger charge is 2.31. The number of aryl methyl sites for hydroxylation is 3. The van der Waals surface area contributed by atoms with Gasteiger partial charge in [-0.2, -0.15) is 4.68 Å². The Kier molecular flexibility index (Phi) is 4.31. The lowest BCUT2D eigenvalue weighted by atomic mass is 10.1. The van der Waals surface area contributed by atoms with Crippen LogP contribution in [0.1, 0.15) is 17.1 Å². The van der Waals surface area contributed by atoms with E-state index in [9.17, 15) is 18.0 Å².